The highest BCUT2D eigenvalue weighted by molar-refractivity contribution is 7.77. The van der Waals surface area contributed by atoms with Crippen molar-refractivity contribution < 1.29 is 0 Å². The van der Waals surface area contributed by atoms with Gasteiger partial charge < -0.3 is 0 Å². The average molecular weight is 337 g/mol. The van der Waals surface area contributed by atoms with Gasteiger partial charge in [-0.2, -0.15) is 0 Å². The van der Waals surface area contributed by atoms with Crippen LogP contribution >= 0.6 is 7.92 Å². The van der Waals surface area contributed by atoms with Crippen molar-refractivity contribution in [3.8, 4) is 11.6 Å². The van der Waals surface area contributed by atoms with Crippen LogP contribution in [-0.4, -0.2) is 4.98 Å². The van der Waals surface area contributed by atoms with Gasteiger partial charge in [0.15, 0.2) is 0 Å². The molecule has 0 aliphatic rings. The molecule has 0 unspecified atom stereocenters. The van der Waals surface area contributed by atoms with Gasteiger partial charge in [-0.1, -0.05) is 90.6 Å². The average Bonchev–Trinajstić information content (AvgIpc) is 2.70. The van der Waals surface area contributed by atoms with Crippen LogP contribution in [-0.2, 0) is 0 Å². The molecule has 0 amide bonds. The first-order valence-corrected chi connectivity index (χ1v) is 9.51. The minimum absolute atomic E-state index is 0.731. The van der Waals surface area contributed by atoms with Gasteiger partial charge in [0.25, 0.3) is 0 Å². The molecule has 1 aromatic heterocycles. The fraction of sp³-hybridized carbons (Fsp3) is 0. The Hall–Kier alpha value is -2.94. The number of aromatic nitrogens is 1. The van der Waals surface area contributed by atoms with E-state index >= 15 is 0 Å². The van der Waals surface area contributed by atoms with Crippen LogP contribution in [0.5, 0.6) is 0 Å². The van der Waals surface area contributed by atoms with Gasteiger partial charge >= 0.3 is 0 Å². The zero-order valence-corrected chi connectivity index (χ0v) is 14.5. The summed E-state index contributed by atoms with van der Waals surface area (Å²) in [6, 6.07) is 31.3. The Kier molecular flexibility index (Phi) is 4.55. The Labute approximate surface area is 149 Å². The minimum atomic E-state index is -0.731. The van der Waals surface area contributed by atoms with E-state index in [1.54, 1.807) is 0 Å². The first-order chi connectivity index (χ1) is 12.4. The lowest BCUT2D eigenvalue weighted by molar-refractivity contribution is 1.32. The van der Waals surface area contributed by atoms with Crippen LogP contribution in [0.4, 0.5) is 0 Å². The van der Waals surface area contributed by atoms with Gasteiger partial charge in [0.1, 0.15) is 5.69 Å². The highest BCUT2D eigenvalue weighted by atomic mass is 31.1. The molecule has 3 aromatic carbocycles. The number of fused-ring (bicyclic) bond motifs is 1. The summed E-state index contributed by atoms with van der Waals surface area (Å²) >= 11 is 0. The molecule has 0 spiro atoms. The smallest absolute Gasteiger partial charge is 0.121 e. The normalized spacial score (nSPS) is 10.4. The van der Waals surface area contributed by atoms with Crippen molar-refractivity contribution in [2.75, 3.05) is 0 Å². The van der Waals surface area contributed by atoms with Gasteiger partial charge in [-0.15, -0.1) is 0 Å². The highest BCUT2D eigenvalue weighted by Crippen LogP contribution is 2.32. The number of benzene rings is 3. The second-order valence-corrected chi connectivity index (χ2v) is 7.55. The predicted octanol–water partition coefficient (Wildman–Crippen LogP) is 4.68. The van der Waals surface area contributed by atoms with E-state index in [-0.39, 0.29) is 0 Å². The fourth-order valence-electron chi connectivity index (χ4n) is 2.76. The molecule has 0 N–H and O–H groups in total. The summed E-state index contributed by atoms with van der Waals surface area (Å²) < 4.78 is 0. The van der Waals surface area contributed by atoms with E-state index in [0.717, 1.165) is 11.1 Å². The van der Waals surface area contributed by atoms with E-state index in [1.807, 2.05) is 36.5 Å². The van der Waals surface area contributed by atoms with Crippen LogP contribution < -0.4 is 10.6 Å². The molecule has 0 aliphatic carbocycles. The van der Waals surface area contributed by atoms with Crippen molar-refractivity contribution in [2.24, 2.45) is 0 Å². The Morgan fingerprint density at radius 3 is 1.92 bits per heavy atom. The largest absolute Gasteiger partial charge is 0.247 e. The van der Waals surface area contributed by atoms with Crippen molar-refractivity contribution in [2.45, 2.75) is 0 Å². The first-order valence-electron chi connectivity index (χ1n) is 8.17. The zero-order valence-electron chi connectivity index (χ0n) is 13.6. The topological polar surface area (TPSA) is 12.9 Å². The van der Waals surface area contributed by atoms with E-state index in [4.69, 9.17) is 0 Å². The van der Waals surface area contributed by atoms with E-state index in [1.165, 1.54) is 16.0 Å². The summed E-state index contributed by atoms with van der Waals surface area (Å²) in [4.78, 5) is 4.50. The van der Waals surface area contributed by atoms with Crippen LogP contribution in [0.1, 0.15) is 5.69 Å². The number of pyridine rings is 1. The molecule has 0 aliphatic heterocycles. The van der Waals surface area contributed by atoms with Gasteiger partial charge in [0, 0.05) is 19.5 Å². The number of hydrogen-bond donors (Lipinski definition) is 0. The van der Waals surface area contributed by atoms with Crippen LogP contribution in [0, 0.1) is 11.6 Å². The third kappa shape index (κ3) is 3.45. The molecule has 0 saturated heterocycles. The van der Waals surface area contributed by atoms with Gasteiger partial charge in [-0.05, 0) is 28.0 Å². The molecule has 1 nitrogen and oxygen atoms in total. The maximum atomic E-state index is 4.50. The van der Waals surface area contributed by atoms with Crippen LogP contribution in [0.2, 0.25) is 0 Å². The van der Waals surface area contributed by atoms with E-state index in [0.29, 0.717) is 0 Å². The standard InChI is InChI=1S/C23H16NP/c1-3-10-20(11-4-1)25(21-12-5-2-6-13-21)18-16-23-22-14-8-7-9-19(22)15-17-24-23/h1-15,17H. The third-order valence-electron chi connectivity index (χ3n) is 3.99. The Morgan fingerprint density at radius 1 is 0.640 bits per heavy atom. The lowest BCUT2D eigenvalue weighted by Crippen LogP contribution is -2.09. The maximum Gasteiger partial charge on any atom is 0.121 e. The summed E-state index contributed by atoms with van der Waals surface area (Å²) in [5.74, 6) is 3.35. The highest BCUT2D eigenvalue weighted by Gasteiger charge is 2.10. The molecule has 0 bridgehead atoms. The van der Waals surface area contributed by atoms with Gasteiger partial charge in [-0.3, -0.25) is 0 Å². The molecule has 4 aromatic rings. The van der Waals surface area contributed by atoms with Crippen molar-refractivity contribution >= 4 is 29.3 Å². The number of rotatable bonds is 2. The summed E-state index contributed by atoms with van der Waals surface area (Å²) in [7, 11) is -0.731. The molecule has 0 radical (unpaired) electrons. The van der Waals surface area contributed by atoms with Crippen LogP contribution in [0.3, 0.4) is 0 Å². The summed E-state index contributed by atoms with van der Waals surface area (Å²) in [5.41, 5.74) is 4.36. The van der Waals surface area contributed by atoms with Gasteiger partial charge in [0.05, 0.1) is 0 Å². The molecule has 0 atom stereocenters. The third-order valence-corrected chi connectivity index (χ3v) is 5.95. The second kappa shape index (κ2) is 7.31. The number of hydrogen-bond acceptors (Lipinski definition) is 1. The first kappa shape index (κ1) is 15.6. The number of nitrogens with zero attached hydrogens (tertiary/aromatic N) is 1. The molecular formula is C23H16NP. The van der Waals surface area contributed by atoms with E-state index < -0.39 is 7.92 Å². The zero-order chi connectivity index (χ0) is 16.9. The molecule has 2 heteroatoms. The molecule has 0 saturated carbocycles. The molecule has 25 heavy (non-hydrogen) atoms. The van der Waals surface area contributed by atoms with Gasteiger partial charge in [0.2, 0.25) is 0 Å². The Bertz CT molecular complexity index is 1000. The van der Waals surface area contributed by atoms with E-state index in [9.17, 15) is 0 Å². The monoisotopic (exact) mass is 337 g/mol. The lowest BCUT2D eigenvalue weighted by atomic mass is 10.1. The maximum absolute atomic E-state index is 4.50. The molecular weight excluding hydrogens is 321 g/mol. The van der Waals surface area contributed by atoms with E-state index in [2.05, 4.69) is 77.2 Å². The van der Waals surface area contributed by atoms with Crippen molar-refractivity contribution in [3.63, 3.8) is 0 Å². The molecule has 4 rings (SSSR count). The molecule has 1 heterocycles. The van der Waals surface area contributed by atoms with Crippen LogP contribution in [0.15, 0.2) is 97.2 Å². The fourth-order valence-corrected chi connectivity index (χ4v) is 4.48. The van der Waals surface area contributed by atoms with Gasteiger partial charge in [-0.25, -0.2) is 4.98 Å². The van der Waals surface area contributed by atoms with Crippen molar-refractivity contribution in [1.29, 1.82) is 0 Å². The molecule has 118 valence electrons. The Balaban J connectivity index is 1.81. The SMILES string of the molecule is C(#CP(c1ccccc1)c1ccccc1)c1nccc2ccccc12. The summed E-state index contributed by atoms with van der Waals surface area (Å²) in [6.45, 7) is 0. The lowest BCUT2D eigenvalue weighted by Gasteiger charge is -2.11. The predicted molar refractivity (Wildman–Crippen MR) is 108 cm³/mol. The Morgan fingerprint density at radius 2 is 1.24 bits per heavy atom. The summed E-state index contributed by atoms with van der Waals surface area (Å²) in [5, 5.41) is 4.80. The minimum Gasteiger partial charge on any atom is -0.247 e. The van der Waals surface area contributed by atoms with Crippen molar-refractivity contribution in [3.05, 3.63) is 103 Å². The quantitative estimate of drug-likeness (QED) is 0.382. The molecule has 0 fully saturated rings. The van der Waals surface area contributed by atoms with Crippen LogP contribution in [0.25, 0.3) is 10.8 Å². The summed E-state index contributed by atoms with van der Waals surface area (Å²) in [6.07, 6.45) is 1.83. The second-order valence-electron chi connectivity index (χ2n) is 5.62. The van der Waals surface area contributed by atoms with Crippen molar-refractivity contribution in [1.82, 2.24) is 4.98 Å².